The lowest BCUT2D eigenvalue weighted by Crippen LogP contribution is -2.37. The molecule has 1 saturated carbocycles. The SMILES string of the molecule is CS(=O)(=O)c1ccc(Br)c(S(=O)(=O)NC2CCC(c3ccccc3)CC2)c1. The van der Waals surface area contributed by atoms with E-state index in [0.717, 1.165) is 31.9 Å². The molecule has 1 aliphatic rings. The van der Waals surface area contributed by atoms with Gasteiger partial charge in [-0.1, -0.05) is 30.3 Å². The third-order valence-corrected chi connectivity index (χ3v) is 8.56. The van der Waals surface area contributed by atoms with Crippen LogP contribution >= 0.6 is 15.9 Å². The Morgan fingerprint density at radius 2 is 1.56 bits per heavy atom. The Hall–Kier alpha value is -1.22. The molecule has 5 nitrogen and oxygen atoms in total. The summed E-state index contributed by atoms with van der Waals surface area (Å²) < 4.78 is 52.2. The van der Waals surface area contributed by atoms with Crippen LogP contribution in [0.2, 0.25) is 0 Å². The van der Waals surface area contributed by atoms with E-state index in [1.54, 1.807) is 0 Å². The molecule has 0 unspecified atom stereocenters. The van der Waals surface area contributed by atoms with Crippen LogP contribution in [0.3, 0.4) is 0 Å². The second-order valence-corrected chi connectivity index (χ2v) is 11.5. The van der Waals surface area contributed by atoms with Crippen LogP contribution in [-0.4, -0.2) is 29.1 Å². The lowest BCUT2D eigenvalue weighted by Gasteiger charge is -2.29. The van der Waals surface area contributed by atoms with E-state index in [4.69, 9.17) is 0 Å². The van der Waals surface area contributed by atoms with E-state index in [1.807, 2.05) is 18.2 Å². The minimum atomic E-state index is -3.82. The first-order valence-electron chi connectivity index (χ1n) is 8.74. The number of nitrogens with one attached hydrogen (secondary N) is 1. The van der Waals surface area contributed by atoms with Crippen molar-refractivity contribution < 1.29 is 16.8 Å². The van der Waals surface area contributed by atoms with E-state index in [0.29, 0.717) is 10.4 Å². The normalized spacial score (nSPS) is 21.1. The van der Waals surface area contributed by atoms with Crippen molar-refractivity contribution in [2.75, 3.05) is 6.26 Å². The van der Waals surface area contributed by atoms with E-state index in [9.17, 15) is 16.8 Å². The predicted octanol–water partition coefficient (Wildman–Crippen LogP) is 3.86. The molecule has 0 spiro atoms. The topological polar surface area (TPSA) is 80.3 Å². The molecule has 1 N–H and O–H groups in total. The van der Waals surface area contributed by atoms with Crippen LogP contribution in [-0.2, 0) is 19.9 Å². The molecule has 0 bridgehead atoms. The summed E-state index contributed by atoms with van der Waals surface area (Å²) in [7, 11) is -7.30. The number of hydrogen-bond donors (Lipinski definition) is 1. The quantitative estimate of drug-likeness (QED) is 0.717. The molecular weight excluding hydrogens is 450 g/mol. The number of sulfonamides is 1. The minimum absolute atomic E-state index is 0.0149. The Morgan fingerprint density at radius 1 is 0.926 bits per heavy atom. The van der Waals surface area contributed by atoms with E-state index in [1.165, 1.54) is 23.8 Å². The van der Waals surface area contributed by atoms with Gasteiger partial charge < -0.3 is 0 Å². The van der Waals surface area contributed by atoms with Gasteiger partial charge in [0.25, 0.3) is 0 Å². The lowest BCUT2D eigenvalue weighted by atomic mass is 9.82. The van der Waals surface area contributed by atoms with Crippen LogP contribution in [0, 0.1) is 0 Å². The fraction of sp³-hybridized carbons (Fsp3) is 0.368. The molecule has 1 fully saturated rings. The van der Waals surface area contributed by atoms with Crippen molar-refractivity contribution in [3.8, 4) is 0 Å². The third kappa shape index (κ3) is 4.99. The van der Waals surface area contributed by atoms with E-state index >= 15 is 0 Å². The van der Waals surface area contributed by atoms with Crippen molar-refractivity contribution in [3.63, 3.8) is 0 Å². The third-order valence-electron chi connectivity index (χ3n) is 4.94. The highest BCUT2D eigenvalue weighted by Gasteiger charge is 2.28. The standard InChI is InChI=1S/C19H22BrNO4S2/c1-26(22,23)17-11-12-18(20)19(13-17)27(24,25)21-16-9-7-15(8-10-16)14-5-3-2-4-6-14/h2-6,11-13,15-16,21H,7-10H2,1H3. The highest BCUT2D eigenvalue weighted by atomic mass is 79.9. The van der Waals surface area contributed by atoms with E-state index in [2.05, 4.69) is 32.8 Å². The fourth-order valence-corrected chi connectivity index (χ4v) is 6.49. The zero-order valence-corrected chi connectivity index (χ0v) is 18.1. The summed E-state index contributed by atoms with van der Waals surface area (Å²) in [5.41, 5.74) is 1.29. The smallest absolute Gasteiger partial charge is 0.224 e. The van der Waals surface area contributed by atoms with Crippen molar-refractivity contribution >= 4 is 35.8 Å². The molecule has 0 heterocycles. The maximum absolute atomic E-state index is 12.8. The van der Waals surface area contributed by atoms with Crippen molar-refractivity contribution in [1.29, 1.82) is 0 Å². The molecule has 0 radical (unpaired) electrons. The first kappa shape index (κ1) is 20.5. The number of rotatable bonds is 5. The van der Waals surface area contributed by atoms with Gasteiger partial charge in [0, 0.05) is 16.8 Å². The molecule has 3 rings (SSSR count). The largest absolute Gasteiger partial charge is 0.241 e. The number of hydrogen-bond acceptors (Lipinski definition) is 4. The van der Waals surface area contributed by atoms with Gasteiger partial charge in [0.2, 0.25) is 10.0 Å². The molecule has 1 aliphatic carbocycles. The van der Waals surface area contributed by atoms with Crippen LogP contribution in [0.1, 0.15) is 37.2 Å². The molecule has 27 heavy (non-hydrogen) atoms. The number of sulfone groups is 1. The maximum Gasteiger partial charge on any atom is 0.241 e. The van der Waals surface area contributed by atoms with Gasteiger partial charge in [0.15, 0.2) is 9.84 Å². The molecule has 0 atom stereocenters. The number of benzene rings is 2. The van der Waals surface area contributed by atoms with E-state index in [-0.39, 0.29) is 15.8 Å². The average molecular weight is 472 g/mol. The Kier molecular flexibility index (Phi) is 6.10. The molecule has 2 aromatic rings. The summed E-state index contributed by atoms with van der Waals surface area (Å²) in [6.07, 6.45) is 4.40. The molecule has 0 aliphatic heterocycles. The highest BCUT2D eigenvalue weighted by Crippen LogP contribution is 2.34. The van der Waals surface area contributed by atoms with Crippen LogP contribution in [0.25, 0.3) is 0 Å². The van der Waals surface area contributed by atoms with Crippen molar-refractivity contribution in [2.24, 2.45) is 0 Å². The second-order valence-electron chi connectivity index (χ2n) is 6.94. The van der Waals surface area contributed by atoms with Crippen LogP contribution < -0.4 is 4.72 Å². The van der Waals surface area contributed by atoms with Crippen LogP contribution in [0.5, 0.6) is 0 Å². The molecule has 0 aromatic heterocycles. The molecule has 2 aromatic carbocycles. The van der Waals surface area contributed by atoms with Gasteiger partial charge in [-0.15, -0.1) is 0 Å². The molecule has 146 valence electrons. The van der Waals surface area contributed by atoms with Crippen molar-refractivity contribution in [3.05, 3.63) is 58.6 Å². The first-order chi connectivity index (χ1) is 12.7. The van der Waals surface area contributed by atoms with Gasteiger partial charge in [-0.05, 0) is 71.3 Å². The summed E-state index contributed by atoms with van der Waals surface area (Å²) in [6.45, 7) is 0. The zero-order chi connectivity index (χ0) is 19.7. The van der Waals surface area contributed by atoms with Crippen LogP contribution in [0.15, 0.2) is 62.8 Å². The van der Waals surface area contributed by atoms with Crippen molar-refractivity contribution in [1.82, 2.24) is 4.72 Å². The number of halogens is 1. The van der Waals surface area contributed by atoms with Crippen molar-refractivity contribution in [2.45, 2.75) is 47.4 Å². The van der Waals surface area contributed by atoms with Gasteiger partial charge >= 0.3 is 0 Å². The lowest BCUT2D eigenvalue weighted by molar-refractivity contribution is 0.374. The summed E-state index contributed by atoms with van der Waals surface area (Å²) in [5.74, 6) is 0.451. The summed E-state index contributed by atoms with van der Waals surface area (Å²) in [4.78, 5) is -0.0607. The second kappa shape index (κ2) is 8.03. The van der Waals surface area contributed by atoms with Gasteiger partial charge in [0.05, 0.1) is 9.79 Å². The molecule has 8 heteroatoms. The monoisotopic (exact) mass is 471 g/mol. The Morgan fingerprint density at radius 3 is 2.15 bits per heavy atom. The van der Waals surface area contributed by atoms with Gasteiger partial charge in [-0.2, -0.15) is 0 Å². The fourth-order valence-electron chi connectivity index (χ4n) is 3.47. The average Bonchev–Trinajstić information content (AvgIpc) is 2.62. The Labute approximate surface area is 169 Å². The van der Waals surface area contributed by atoms with Gasteiger partial charge in [-0.25, -0.2) is 21.6 Å². The van der Waals surface area contributed by atoms with Gasteiger partial charge in [-0.3, -0.25) is 0 Å². The molecule has 0 amide bonds. The summed E-state index contributed by atoms with van der Waals surface area (Å²) in [6, 6.07) is 14.2. The van der Waals surface area contributed by atoms with E-state index < -0.39 is 19.9 Å². The minimum Gasteiger partial charge on any atom is -0.224 e. The van der Waals surface area contributed by atoms with Crippen LogP contribution in [0.4, 0.5) is 0 Å². The first-order valence-corrected chi connectivity index (χ1v) is 12.9. The molecular formula is C19H22BrNO4S2. The molecule has 0 saturated heterocycles. The van der Waals surface area contributed by atoms with Gasteiger partial charge in [0.1, 0.15) is 0 Å². The maximum atomic E-state index is 12.8. The Balaban J connectivity index is 1.73. The Bertz CT molecular complexity index is 1010. The predicted molar refractivity (Wildman–Crippen MR) is 109 cm³/mol. The highest BCUT2D eigenvalue weighted by molar-refractivity contribution is 9.10. The summed E-state index contributed by atoms with van der Waals surface area (Å²) >= 11 is 3.22. The summed E-state index contributed by atoms with van der Waals surface area (Å²) in [5, 5.41) is 0. The zero-order valence-electron chi connectivity index (χ0n) is 14.9.